The Bertz CT molecular complexity index is 350. The minimum Gasteiger partial charge on any atom is -0.493 e. The maximum absolute atomic E-state index is 5.83. The van der Waals surface area contributed by atoms with Gasteiger partial charge in [-0.05, 0) is 30.5 Å². The van der Waals surface area contributed by atoms with Gasteiger partial charge in [0.1, 0.15) is 0 Å². The lowest BCUT2D eigenvalue weighted by Gasteiger charge is -2.15. The third-order valence-electron chi connectivity index (χ3n) is 2.93. The van der Waals surface area contributed by atoms with Crippen molar-refractivity contribution in [1.82, 2.24) is 0 Å². The Balaban J connectivity index is 2.78. The molecule has 0 amide bonds. The van der Waals surface area contributed by atoms with Crippen LogP contribution in [0, 0.1) is 5.92 Å². The molecule has 17 heavy (non-hydrogen) atoms. The lowest BCUT2D eigenvalue weighted by Crippen LogP contribution is -2.09. The Labute approximate surface area is 104 Å². The Hall–Kier alpha value is -1.22. The molecule has 0 spiro atoms. The molecule has 1 unspecified atom stereocenters. The molecule has 0 fully saturated rings. The van der Waals surface area contributed by atoms with Crippen LogP contribution < -0.4 is 15.2 Å². The number of hydrogen-bond acceptors (Lipinski definition) is 3. The minimum absolute atomic E-state index is 0.00696. The van der Waals surface area contributed by atoms with Crippen LogP contribution >= 0.6 is 0 Å². The van der Waals surface area contributed by atoms with Gasteiger partial charge in [-0.15, -0.1) is 0 Å². The summed E-state index contributed by atoms with van der Waals surface area (Å²) in [6.07, 6.45) is 1.11. The average Bonchev–Trinajstić information content (AvgIpc) is 2.35. The van der Waals surface area contributed by atoms with Crippen molar-refractivity contribution in [2.75, 3.05) is 13.7 Å². The fraction of sp³-hybridized carbons (Fsp3) is 0.571. The number of nitrogens with two attached hydrogens (primary N) is 1. The van der Waals surface area contributed by atoms with Crippen molar-refractivity contribution in [2.24, 2.45) is 11.7 Å². The summed E-state index contributed by atoms with van der Waals surface area (Å²) in [5.74, 6) is 2.09. The third-order valence-corrected chi connectivity index (χ3v) is 2.93. The predicted molar refractivity (Wildman–Crippen MR) is 70.5 cm³/mol. The molecule has 3 nitrogen and oxygen atoms in total. The summed E-state index contributed by atoms with van der Waals surface area (Å²) < 4.78 is 11.1. The highest BCUT2D eigenvalue weighted by atomic mass is 16.5. The van der Waals surface area contributed by atoms with Gasteiger partial charge in [-0.1, -0.05) is 26.3 Å². The van der Waals surface area contributed by atoms with Gasteiger partial charge in [-0.3, -0.25) is 0 Å². The van der Waals surface area contributed by atoms with Crippen molar-refractivity contribution in [3.05, 3.63) is 23.8 Å². The molecule has 0 aliphatic carbocycles. The standard InChI is InChI=1S/C14H23NO2/c1-5-10(2)9-17-13-7-6-12(11(3)15)8-14(13)16-4/h6-8,10-11H,5,9,15H2,1-4H3/t10?,11-/m0/s1. The molecule has 0 saturated carbocycles. The quantitative estimate of drug-likeness (QED) is 0.826. The predicted octanol–water partition coefficient (Wildman–Crippen LogP) is 3.14. The minimum atomic E-state index is 0.00696. The zero-order valence-corrected chi connectivity index (χ0v) is 11.2. The molecule has 0 saturated heterocycles. The summed E-state index contributed by atoms with van der Waals surface area (Å²) in [4.78, 5) is 0. The van der Waals surface area contributed by atoms with Crippen LogP contribution in [0.15, 0.2) is 18.2 Å². The van der Waals surface area contributed by atoms with E-state index in [0.717, 1.165) is 23.5 Å². The van der Waals surface area contributed by atoms with Crippen LogP contribution in [0.2, 0.25) is 0 Å². The fourth-order valence-corrected chi connectivity index (χ4v) is 1.44. The number of methoxy groups -OCH3 is 1. The van der Waals surface area contributed by atoms with E-state index < -0.39 is 0 Å². The van der Waals surface area contributed by atoms with Gasteiger partial charge in [-0.2, -0.15) is 0 Å². The molecule has 96 valence electrons. The number of rotatable bonds is 6. The highest BCUT2D eigenvalue weighted by molar-refractivity contribution is 5.43. The van der Waals surface area contributed by atoms with Crippen molar-refractivity contribution in [2.45, 2.75) is 33.2 Å². The van der Waals surface area contributed by atoms with Crippen LogP contribution in [0.1, 0.15) is 38.8 Å². The molecule has 0 radical (unpaired) electrons. The molecule has 3 heteroatoms. The first-order chi connectivity index (χ1) is 8.08. The van der Waals surface area contributed by atoms with E-state index in [9.17, 15) is 0 Å². The van der Waals surface area contributed by atoms with Crippen LogP contribution in [-0.2, 0) is 0 Å². The van der Waals surface area contributed by atoms with Crippen molar-refractivity contribution < 1.29 is 9.47 Å². The van der Waals surface area contributed by atoms with E-state index in [4.69, 9.17) is 15.2 Å². The first-order valence-corrected chi connectivity index (χ1v) is 6.14. The van der Waals surface area contributed by atoms with Crippen LogP contribution in [0.3, 0.4) is 0 Å². The Kier molecular flexibility index (Phi) is 5.29. The van der Waals surface area contributed by atoms with E-state index in [1.54, 1.807) is 7.11 Å². The first-order valence-electron chi connectivity index (χ1n) is 6.14. The lowest BCUT2D eigenvalue weighted by molar-refractivity contribution is 0.244. The van der Waals surface area contributed by atoms with Gasteiger partial charge in [0.15, 0.2) is 11.5 Å². The third kappa shape index (κ3) is 3.93. The van der Waals surface area contributed by atoms with Crippen LogP contribution in [0.25, 0.3) is 0 Å². The molecule has 2 atom stereocenters. The van der Waals surface area contributed by atoms with E-state index in [1.807, 2.05) is 25.1 Å². The Morgan fingerprint density at radius 3 is 2.47 bits per heavy atom. The molecular weight excluding hydrogens is 214 g/mol. The van der Waals surface area contributed by atoms with Gasteiger partial charge in [0.25, 0.3) is 0 Å². The molecule has 0 aromatic heterocycles. The highest BCUT2D eigenvalue weighted by Gasteiger charge is 2.09. The van der Waals surface area contributed by atoms with Crippen molar-refractivity contribution in [1.29, 1.82) is 0 Å². The van der Waals surface area contributed by atoms with E-state index in [2.05, 4.69) is 13.8 Å². The SMILES string of the molecule is CCC(C)COc1ccc([C@H](C)N)cc1OC. The van der Waals surface area contributed by atoms with Crippen molar-refractivity contribution in [3.63, 3.8) is 0 Å². The smallest absolute Gasteiger partial charge is 0.161 e. The summed E-state index contributed by atoms with van der Waals surface area (Å²) in [7, 11) is 1.65. The summed E-state index contributed by atoms with van der Waals surface area (Å²) >= 11 is 0. The summed E-state index contributed by atoms with van der Waals surface area (Å²) in [6.45, 7) is 6.99. The Morgan fingerprint density at radius 2 is 1.94 bits per heavy atom. The van der Waals surface area contributed by atoms with Crippen LogP contribution in [-0.4, -0.2) is 13.7 Å². The van der Waals surface area contributed by atoms with E-state index in [-0.39, 0.29) is 6.04 Å². The Morgan fingerprint density at radius 1 is 1.24 bits per heavy atom. The molecule has 1 rings (SSSR count). The number of ether oxygens (including phenoxy) is 2. The van der Waals surface area contributed by atoms with Crippen molar-refractivity contribution in [3.8, 4) is 11.5 Å². The topological polar surface area (TPSA) is 44.5 Å². The van der Waals surface area contributed by atoms with Crippen molar-refractivity contribution >= 4 is 0 Å². The van der Waals surface area contributed by atoms with E-state index >= 15 is 0 Å². The molecule has 0 aliphatic heterocycles. The monoisotopic (exact) mass is 237 g/mol. The summed E-state index contributed by atoms with van der Waals surface area (Å²) in [5, 5.41) is 0. The maximum Gasteiger partial charge on any atom is 0.161 e. The number of benzene rings is 1. The molecule has 0 heterocycles. The largest absolute Gasteiger partial charge is 0.493 e. The second-order valence-corrected chi connectivity index (χ2v) is 4.52. The zero-order valence-electron chi connectivity index (χ0n) is 11.2. The van der Waals surface area contributed by atoms with Crippen LogP contribution in [0.4, 0.5) is 0 Å². The van der Waals surface area contributed by atoms with Gasteiger partial charge in [0, 0.05) is 6.04 Å². The second-order valence-electron chi connectivity index (χ2n) is 4.52. The summed E-state index contributed by atoms with van der Waals surface area (Å²) in [5.41, 5.74) is 6.89. The van der Waals surface area contributed by atoms with Gasteiger partial charge in [-0.25, -0.2) is 0 Å². The zero-order chi connectivity index (χ0) is 12.8. The van der Waals surface area contributed by atoms with Gasteiger partial charge in [0.2, 0.25) is 0 Å². The first kappa shape index (κ1) is 13.8. The molecular formula is C14H23NO2. The normalized spacial score (nSPS) is 14.2. The maximum atomic E-state index is 5.83. The van der Waals surface area contributed by atoms with Gasteiger partial charge < -0.3 is 15.2 Å². The van der Waals surface area contributed by atoms with E-state index in [0.29, 0.717) is 12.5 Å². The van der Waals surface area contributed by atoms with Gasteiger partial charge >= 0.3 is 0 Å². The molecule has 0 bridgehead atoms. The lowest BCUT2D eigenvalue weighted by atomic mass is 10.1. The summed E-state index contributed by atoms with van der Waals surface area (Å²) in [6, 6.07) is 5.86. The van der Waals surface area contributed by atoms with E-state index in [1.165, 1.54) is 0 Å². The molecule has 1 aromatic carbocycles. The van der Waals surface area contributed by atoms with Crippen LogP contribution in [0.5, 0.6) is 11.5 Å². The van der Waals surface area contributed by atoms with Gasteiger partial charge in [0.05, 0.1) is 13.7 Å². The average molecular weight is 237 g/mol. The highest BCUT2D eigenvalue weighted by Crippen LogP contribution is 2.30. The second kappa shape index (κ2) is 6.50. The fourth-order valence-electron chi connectivity index (χ4n) is 1.44. The number of hydrogen-bond donors (Lipinski definition) is 1. The molecule has 2 N–H and O–H groups in total. The molecule has 1 aromatic rings. The molecule has 0 aliphatic rings.